The number of unbranched alkanes of at least 4 members (excludes halogenated alkanes) is 28. The summed E-state index contributed by atoms with van der Waals surface area (Å²) >= 11 is 0. The molecule has 0 aromatic carbocycles. The molecule has 3 N–H and O–H groups in total. The number of hydrogen-bond donors (Lipinski definition) is 3. The first-order valence-corrected chi connectivity index (χ1v) is 27.3. The molecule has 0 aromatic rings. The normalized spacial score (nSPS) is 14.4. The summed E-state index contributed by atoms with van der Waals surface area (Å²) in [7, 11) is 1.60. The molecule has 0 saturated heterocycles. The number of nitrogens with one attached hydrogen (secondary N) is 1. The molecule has 0 rings (SSSR count). The van der Waals surface area contributed by atoms with E-state index in [0.717, 1.165) is 64.2 Å². The largest absolute Gasteiger partial charge is 0.472 e. The van der Waals surface area contributed by atoms with Crippen LogP contribution in [0.1, 0.15) is 239 Å². The van der Waals surface area contributed by atoms with Gasteiger partial charge in [-0.2, -0.15) is 0 Å². The molecule has 0 aliphatic rings. The molecule has 0 aliphatic heterocycles. The zero-order valence-corrected chi connectivity index (χ0v) is 41.8. The van der Waals surface area contributed by atoms with Crippen LogP contribution in [0.5, 0.6) is 0 Å². The fraction of sp³-hybridized carbons (Fsp3) is 0.865. The molecule has 0 spiro atoms. The number of nitrogens with zero attached hydrogens (tertiary/aromatic N) is 1. The third kappa shape index (κ3) is 46.5. The summed E-state index contributed by atoms with van der Waals surface area (Å²) < 4.78 is 23.7. The van der Waals surface area contributed by atoms with Gasteiger partial charge in [-0.3, -0.25) is 13.8 Å². The summed E-state index contributed by atoms with van der Waals surface area (Å²) in [4.78, 5) is 23.2. The van der Waals surface area contributed by atoms with E-state index in [4.69, 9.17) is 9.05 Å². The van der Waals surface area contributed by atoms with Crippen LogP contribution in [-0.2, 0) is 18.4 Å². The van der Waals surface area contributed by atoms with Crippen LogP contribution in [0.15, 0.2) is 36.5 Å². The Morgan fingerprint density at radius 1 is 0.574 bits per heavy atom. The molecule has 360 valence electrons. The lowest BCUT2D eigenvalue weighted by Crippen LogP contribution is -2.46. The van der Waals surface area contributed by atoms with Gasteiger partial charge in [-0.1, -0.05) is 224 Å². The Hall–Kier alpha value is -1.28. The van der Waals surface area contributed by atoms with Crippen LogP contribution >= 0.6 is 7.82 Å². The van der Waals surface area contributed by atoms with Crippen LogP contribution in [0.4, 0.5) is 0 Å². The number of aliphatic hydroxyl groups is 1. The van der Waals surface area contributed by atoms with Gasteiger partial charge in [0.2, 0.25) is 5.91 Å². The van der Waals surface area contributed by atoms with Gasteiger partial charge >= 0.3 is 7.82 Å². The van der Waals surface area contributed by atoms with Crippen molar-refractivity contribution in [1.82, 2.24) is 5.32 Å². The van der Waals surface area contributed by atoms with Gasteiger partial charge in [-0.15, -0.1) is 0 Å². The molecule has 3 unspecified atom stereocenters. The van der Waals surface area contributed by atoms with E-state index < -0.39 is 20.0 Å². The predicted octanol–water partition coefficient (Wildman–Crippen LogP) is 15.0. The third-order valence-corrected chi connectivity index (χ3v) is 12.6. The second-order valence-electron chi connectivity index (χ2n) is 18.9. The molecular formula is C52H102N2O6P+. The summed E-state index contributed by atoms with van der Waals surface area (Å²) in [5.74, 6) is -0.172. The maximum absolute atomic E-state index is 12.9. The number of phosphoric acid groups is 1. The molecule has 0 fully saturated rings. The molecule has 1 amide bonds. The predicted molar refractivity (Wildman–Crippen MR) is 263 cm³/mol. The Labute approximate surface area is 378 Å². The van der Waals surface area contributed by atoms with E-state index in [0.29, 0.717) is 23.9 Å². The summed E-state index contributed by atoms with van der Waals surface area (Å²) in [6.07, 6.45) is 54.9. The van der Waals surface area contributed by atoms with Crippen LogP contribution < -0.4 is 5.32 Å². The number of hydrogen-bond acceptors (Lipinski definition) is 5. The molecule has 3 atom stereocenters. The van der Waals surface area contributed by atoms with Crippen molar-refractivity contribution in [3.63, 3.8) is 0 Å². The Balaban J connectivity index is 4.16. The smallest absolute Gasteiger partial charge is 0.391 e. The molecular weight excluding hydrogens is 780 g/mol. The number of quaternary nitrogens is 1. The van der Waals surface area contributed by atoms with Crippen molar-refractivity contribution in [3.8, 4) is 0 Å². The number of aliphatic hydroxyl groups excluding tert-OH is 1. The number of amides is 1. The van der Waals surface area contributed by atoms with Crippen molar-refractivity contribution in [2.75, 3.05) is 40.9 Å². The average Bonchev–Trinajstić information content (AvgIpc) is 3.21. The van der Waals surface area contributed by atoms with Gasteiger partial charge in [-0.25, -0.2) is 4.57 Å². The first kappa shape index (κ1) is 59.7. The summed E-state index contributed by atoms with van der Waals surface area (Å²) in [6.45, 7) is 4.76. The van der Waals surface area contributed by atoms with Gasteiger partial charge < -0.3 is 19.8 Å². The molecule has 0 radical (unpaired) electrons. The standard InChI is InChI=1S/C52H101N2O6P/c1-6-8-10-12-14-16-18-20-21-22-23-24-25-26-27-28-29-30-31-32-34-35-37-39-41-43-45-51(55)50(49-60-61(57,58)59-48-47-54(3,4)5)53-52(56)46-44-42-40-38-36-33-19-17-15-13-11-9-7-2/h9,11,15,17,33,36,50-51,55H,6-8,10,12-14,16,18-32,34-35,37-49H2,1-5H3,(H-,53,56,57,58)/p+1/b11-9-,17-15-,36-33-. The number of allylic oxidation sites excluding steroid dienone is 6. The highest BCUT2D eigenvalue weighted by molar-refractivity contribution is 7.47. The Morgan fingerprint density at radius 3 is 1.43 bits per heavy atom. The zero-order valence-electron chi connectivity index (χ0n) is 40.9. The number of phosphoric ester groups is 1. The van der Waals surface area contributed by atoms with E-state index in [1.165, 1.54) is 148 Å². The maximum Gasteiger partial charge on any atom is 0.472 e. The number of likely N-dealkylation sites (N-methyl/N-ethyl adjacent to an activating group) is 1. The third-order valence-electron chi connectivity index (χ3n) is 11.7. The SMILES string of the molecule is CC/C=C\C/C=C\C/C=C\CCCCCC(=O)NC(COP(=O)(O)OCC[N+](C)(C)C)C(O)CCCCCCCCCCCCCCCCCCCCCCCCCCCC. The number of carbonyl (C=O) groups excluding carboxylic acids is 1. The molecule has 0 aliphatic carbocycles. The minimum absolute atomic E-state index is 0.0684. The van der Waals surface area contributed by atoms with Crippen LogP contribution in [0.2, 0.25) is 0 Å². The highest BCUT2D eigenvalue weighted by Gasteiger charge is 2.28. The maximum atomic E-state index is 12.9. The zero-order chi connectivity index (χ0) is 45.0. The van der Waals surface area contributed by atoms with Crippen molar-refractivity contribution in [1.29, 1.82) is 0 Å². The van der Waals surface area contributed by atoms with E-state index in [1.807, 2.05) is 21.1 Å². The number of carbonyl (C=O) groups is 1. The Kier molecular flexibility index (Phi) is 43.0. The summed E-state index contributed by atoms with van der Waals surface area (Å²) in [5, 5.41) is 14.0. The second kappa shape index (κ2) is 43.9. The van der Waals surface area contributed by atoms with Crippen LogP contribution in [0.25, 0.3) is 0 Å². The van der Waals surface area contributed by atoms with Gasteiger partial charge in [-0.05, 0) is 44.9 Å². The summed E-state index contributed by atoms with van der Waals surface area (Å²) in [5.41, 5.74) is 0. The topological polar surface area (TPSA) is 105 Å². The van der Waals surface area contributed by atoms with Gasteiger partial charge in [0.25, 0.3) is 0 Å². The monoisotopic (exact) mass is 882 g/mol. The highest BCUT2D eigenvalue weighted by atomic mass is 31.2. The fourth-order valence-corrected chi connectivity index (χ4v) is 8.33. The van der Waals surface area contributed by atoms with Crippen molar-refractivity contribution >= 4 is 13.7 Å². The van der Waals surface area contributed by atoms with Crippen LogP contribution in [-0.4, -0.2) is 73.4 Å². The van der Waals surface area contributed by atoms with Crippen molar-refractivity contribution in [3.05, 3.63) is 36.5 Å². The molecule has 8 nitrogen and oxygen atoms in total. The number of rotatable bonds is 47. The van der Waals surface area contributed by atoms with Gasteiger partial charge in [0.1, 0.15) is 13.2 Å². The lowest BCUT2D eigenvalue weighted by atomic mass is 10.0. The molecule has 61 heavy (non-hydrogen) atoms. The molecule has 0 bridgehead atoms. The van der Waals surface area contributed by atoms with Crippen LogP contribution in [0, 0.1) is 0 Å². The first-order chi connectivity index (χ1) is 29.5. The minimum atomic E-state index is -4.33. The first-order valence-electron chi connectivity index (χ1n) is 25.9. The summed E-state index contributed by atoms with van der Waals surface area (Å²) in [6, 6.07) is -0.775. The lowest BCUT2D eigenvalue weighted by Gasteiger charge is -2.26. The van der Waals surface area contributed by atoms with Crippen molar-refractivity contribution < 1.29 is 32.9 Å². The highest BCUT2D eigenvalue weighted by Crippen LogP contribution is 2.43. The fourth-order valence-electron chi connectivity index (χ4n) is 7.59. The Bertz CT molecular complexity index is 1090. The lowest BCUT2D eigenvalue weighted by molar-refractivity contribution is -0.870. The minimum Gasteiger partial charge on any atom is -0.391 e. The quantitative estimate of drug-likeness (QED) is 0.0243. The van der Waals surface area contributed by atoms with Crippen LogP contribution in [0.3, 0.4) is 0 Å². The average molecular weight is 882 g/mol. The van der Waals surface area contributed by atoms with E-state index in [2.05, 4.69) is 55.6 Å². The van der Waals surface area contributed by atoms with E-state index in [9.17, 15) is 19.4 Å². The Morgan fingerprint density at radius 2 is 0.984 bits per heavy atom. The van der Waals surface area contributed by atoms with Crippen molar-refractivity contribution in [2.45, 2.75) is 251 Å². The molecule has 0 aromatic heterocycles. The molecule has 0 heterocycles. The van der Waals surface area contributed by atoms with Crippen molar-refractivity contribution in [2.24, 2.45) is 0 Å². The molecule has 9 heteroatoms. The van der Waals surface area contributed by atoms with Gasteiger partial charge in [0.15, 0.2) is 0 Å². The van der Waals surface area contributed by atoms with E-state index in [1.54, 1.807) is 0 Å². The van der Waals surface area contributed by atoms with E-state index >= 15 is 0 Å². The van der Waals surface area contributed by atoms with Gasteiger partial charge in [0.05, 0.1) is 39.9 Å². The molecule has 0 saturated carbocycles. The van der Waals surface area contributed by atoms with Gasteiger partial charge in [0, 0.05) is 6.42 Å². The second-order valence-corrected chi connectivity index (χ2v) is 20.3. The van der Waals surface area contributed by atoms with E-state index in [-0.39, 0.29) is 19.1 Å².